The van der Waals surface area contributed by atoms with Crippen LogP contribution in [0, 0.1) is 0 Å². The summed E-state index contributed by atoms with van der Waals surface area (Å²) in [5.41, 5.74) is 6.21. The smallest absolute Gasteiger partial charge is 0.332 e. The predicted molar refractivity (Wildman–Crippen MR) is 133 cm³/mol. The number of nitrogens with zero attached hydrogens (tertiary/aromatic N) is 2. The van der Waals surface area contributed by atoms with E-state index in [1.54, 1.807) is 18.2 Å². The molecule has 2 amide bonds. The van der Waals surface area contributed by atoms with E-state index in [1.165, 1.54) is 25.3 Å². The summed E-state index contributed by atoms with van der Waals surface area (Å²) in [7, 11) is -0.866. The van der Waals surface area contributed by atoms with E-state index in [2.05, 4.69) is 26.2 Å². The number of aryl methyl sites for hydroxylation is 3. The second kappa shape index (κ2) is 9.81. The molecule has 36 heavy (non-hydrogen) atoms. The summed E-state index contributed by atoms with van der Waals surface area (Å²) in [5, 5.41) is 6.76. The third-order valence-corrected chi connectivity index (χ3v) is 7.89. The zero-order valence-corrected chi connectivity index (χ0v) is 21.0. The molecular weight excluding hydrogens is 484 g/mol. The molecule has 2 aliphatic carbocycles. The van der Waals surface area contributed by atoms with Gasteiger partial charge in [-0.25, -0.2) is 17.9 Å². The molecule has 0 spiro atoms. The maximum atomic E-state index is 12.7. The second-order valence-electron chi connectivity index (χ2n) is 8.94. The standard InChI is InChI=1S/C25H28N4O6S/c1-33-20-10-9-17(14-21(20)34-2)24-26-22(35-28-24)11-12-36(31,32)29-25(30)27-23-18-7-3-5-15(18)13-16-6-4-8-19(16)23/h9-10,13-14H,3-8,11-12H2,1-2H3,(H2,27,29,30). The summed E-state index contributed by atoms with van der Waals surface area (Å²) in [6, 6.07) is 6.67. The van der Waals surface area contributed by atoms with Crippen molar-refractivity contribution < 1.29 is 27.2 Å². The number of sulfonamides is 1. The van der Waals surface area contributed by atoms with Crippen LogP contribution < -0.4 is 19.5 Å². The molecule has 5 rings (SSSR count). The number of carbonyl (C=O) groups excluding carboxylic acids is 1. The Bertz CT molecular complexity index is 1380. The summed E-state index contributed by atoms with van der Waals surface area (Å²) >= 11 is 0. The first-order valence-corrected chi connectivity index (χ1v) is 13.5. The van der Waals surface area contributed by atoms with Crippen molar-refractivity contribution >= 4 is 21.7 Å². The molecule has 0 saturated carbocycles. The Morgan fingerprint density at radius 3 is 2.36 bits per heavy atom. The minimum absolute atomic E-state index is 0.0426. The van der Waals surface area contributed by atoms with Crippen molar-refractivity contribution in [2.24, 2.45) is 0 Å². The number of urea groups is 1. The highest BCUT2D eigenvalue weighted by Gasteiger charge is 2.26. The van der Waals surface area contributed by atoms with Gasteiger partial charge in [0.05, 0.1) is 20.0 Å². The number of fused-ring (bicyclic) bond motifs is 2. The Morgan fingerprint density at radius 2 is 1.69 bits per heavy atom. The maximum absolute atomic E-state index is 12.7. The molecule has 2 aliphatic rings. The quantitative estimate of drug-likeness (QED) is 0.469. The van der Waals surface area contributed by atoms with Crippen LogP contribution in [-0.4, -0.2) is 44.6 Å². The molecular formula is C25H28N4O6S. The van der Waals surface area contributed by atoms with Crippen LogP contribution in [0.4, 0.5) is 10.5 Å². The minimum atomic E-state index is -3.93. The Kier molecular flexibility index (Phi) is 6.57. The first kappa shape index (κ1) is 24.1. The van der Waals surface area contributed by atoms with Gasteiger partial charge in [0, 0.05) is 17.7 Å². The van der Waals surface area contributed by atoms with Crippen LogP contribution in [0.15, 0.2) is 28.8 Å². The number of carbonyl (C=O) groups is 1. The molecule has 3 aromatic rings. The zero-order chi connectivity index (χ0) is 25.3. The molecule has 0 bridgehead atoms. The SMILES string of the molecule is COc1ccc(-c2noc(CCS(=O)(=O)NC(=O)Nc3c4c(cc5c3CCC5)CCC4)n2)cc1OC. The van der Waals surface area contributed by atoms with Crippen molar-refractivity contribution in [3.63, 3.8) is 0 Å². The average molecular weight is 513 g/mol. The highest BCUT2D eigenvalue weighted by atomic mass is 32.2. The number of hydrogen-bond acceptors (Lipinski definition) is 8. The third-order valence-electron chi connectivity index (χ3n) is 6.65. The van der Waals surface area contributed by atoms with E-state index in [1.807, 2.05) is 0 Å². The third kappa shape index (κ3) is 4.88. The van der Waals surface area contributed by atoms with E-state index in [0.29, 0.717) is 22.9 Å². The van der Waals surface area contributed by atoms with E-state index in [4.69, 9.17) is 14.0 Å². The van der Waals surface area contributed by atoms with Crippen LogP contribution in [0.1, 0.15) is 41.0 Å². The number of nitrogens with one attached hydrogen (secondary N) is 2. The second-order valence-corrected chi connectivity index (χ2v) is 10.8. The summed E-state index contributed by atoms with van der Waals surface area (Å²) in [5.74, 6) is 1.13. The predicted octanol–water partition coefficient (Wildman–Crippen LogP) is 3.43. The number of amides is 2. The number of hydrogen-bond donors (Lipinski definition) is 2. The molecule has 0 aliphatic heterocycles. The van der Waals surface area contributed by atoms with E-state index in [-0.39, 0.29) is 18.1 Å². The first-order valence-electron chi connectivity index (χ1n) is 11.9. The Hall–Kier alpha value is -3.60. The van der Waals surface area contributed by atoms with Crippen LogP contribution in [0.5, 0.6) is 11.5 Å². The van der Waals surface area contributed by atoms with Gasteiger partial charge in [-0.1, -0.05) is 11.2 Å². The first-order chi connectivity index (χ1) is 17.4. The number of anilines is 1. The summed E-state index contributed by atoms with van der Waals surface area (Å²) in [6.07, 6.45) is 5.82. The number of rotatable bonds is 8. The monoisotopic (exact) mass is 512 g/mol. The molecule has 0 radical (unpaired) electrons. The molecule has 1 aromatic heterocycles. The van der Waals surface area contributed by atoms with Crippen molar-refractivity contribution in [3.8, 4) is 22.9 Å². The molecule has 10 nitrogen and oxygen atoms in total. The summed E-state index contributed by atoms with van der Waals surface area (Å²) < 4.78 is 43.1. The number of aromatic nitrogens is 2. The van der Waals surface area contributed by atoms with Crippen molar-refractivity contribution in [1.82, 2.24) is 14.9 Å². The van der Waals surface area contributed by atoms with E-state index in [9.17, 15) is 13.2 Å². The highest BCUT2D eigenvalue weighted by molar-refractivity contribution is 7.90. The van der Waals surface area contributed by atoms with Gasteiger partial charge in [0.25, 0.3) is 0 Å². The fraction of sp³-hybridized carbons (Fsp3) is 0.400. The maximum Gasteiger partial charge on any atom is 0.332 e. The van der Waals surface area contributed by atoms with Crippen molar-refractivity contribution in [2.45, 2.75) is 44.9 Å². The highest BCUT2D eigenvalue weighted by Crippen LogP contribution is 2.38. The van der Waals surface area contributed by atoms with Gasteiger partial charge in [0.15, 0.2) is 11.5 Å². The van der Waals surface area contributed by atoms with Crippen molar-refractivity contribution in [2.75, 3.05) is 25.3 Å². The number of methoxy groups -OCH3 is 2. The van der Waals surface area contributed by atoms with Gasteiger partial charge in [0.1, 0.15) is 0 Å². The molecule has 11 heteroatoms. The fourth-order valence-electron chi connectivity index (χ4n) is 4.97. The fourth-order valence-corrected chi connectivity index (χ4v) is 5.85. The van der Waals surface area contributed by atoms with Gasteiger partial charge >= 0.3 is 6.03 Å². The van der Waals surface area contributed by atoms with Gasteiger partial charge in [-0.2, -0.15) is 4.98 Å². The molecule has 190 valence electrons. The van der Waals surface area contributed by atoms with Gasteiger partial charge in [-0.15, -0.1) is 0 Å². The van der Waals surface area contributed by atoms with Crippen LogP contribution in [-0.2, 0) is 42.1 Å². The van der Waals surface area contributed by atoms with E-state index >= 15 is 0 Å². The van der Waals surface area contributed by atoms with E-state index in [0.717, 1.165) is 55.3 Å². The molecule has 0 atom stereocenters. The minimum Gasteiger partial charge on any atom is -0.493 e. The Morgan fingerprint density at radius 1 is 1.00 bits per heavy atom. The number of benzene rings is 2. The molecule has 0 fully saturated rings. The lowest BCUT2D eigenvalue weighted by Crippen LogP contribution is -2.36. The van der Waals surface area contributed by atoms with Gasteiger partial charge in [-0.3, -0.25) is 0 Å². The molecule has 2 N–H and O–H groups in total. The molecule has 0 saturated heterocycles. The van der Waals surface area contributed by atoms with Gasteiger partial charge < -0.3 is 19.3 Å². The summed E-state index contributed by atoms with van der Waals surface area (Å²) in [4.78, 5) is 16.9. The molecule has 0 unspecified atom stereocenters. The van der Waals surface area contributed by atoms with Gasteiger partial charge in [-0.05, 0) is 79.0 Å². The number of ether oxygens (including phenoxy) is 2. The van der Waals surface area contributed by atoms with Crippen LogP contribution in [0.2, 0.25) is 0 Å². The largest absolute Gasteiger partial charge is 0.493 e. The van der Waals surface area contributed by atoms with Crippen molar-refractivity contribution in [3.05, 3.63) is 52.4 Å². The van der Waals surface area contributed by atoms with Crippen LogP contribution in [0.25, 0.3) is 11.4 Å². The lowest BCUT2D eigenvalue weighted by Gasteiger charge is -2.16. The lowest BCUT2D eigenvalue weighted by atomic mass is 9.99. The van der Waals surface area contributed by atoms with Crippen LogP contribution in [0.3, 0.4) is 0 Å². The lowest BCUT2D eigenvalue weighted by molar-refractivity contribution is 0.256. The summed E-state index contributed by atoms with van der Waals surface area (Å²) in [6.45, 7) is 0. The Labute approximate surface area is 209 Å². The van der Waals surface area contributed by atoms with E-state index < -0.39 is 16.1 Å². The zero-order valence-electron chi connectivity index (χ0n) is 20.2. The Balaban J connectivity index is 1.22. The van der Waals surface area contributed by atoms with Crippen molar-refractivity contribution in [1.29, 1.82) is 0 Å². The normalized spacial score (nSPS) is 14.3. The topological polar surface area (TPSA) is 133 Å². The van der Waals surface area contributed by atoms with Gasteiger partial charge in [0.2, 0.25) is 21.7 Å². The van der Waals surface area contributed by atoms with Crippen LogP contribution >= 0.6 is 0 Å². The molecule has 2 aromatic carbocycles. The average Bonchev–Trinajstić information content (AvgIpc) is 3.62. The molecule has 1 heterocycles.